The molecule has 0 heterocycles. The van der Waals surface area contributed by atoms with Crippen LogP contribution in [0.25, 0.3) is 0 Å². The molecule has 0 fully saturated rings. The van der Waals surface area contributed by atoms with Crippen LogP contribution < -0.4 is 10.6 Å². The van der Waals surface area contributed by atoms with E-state index in [9.17, 15) is 14.4 Å². The third-order valence-electron chi connectivity index (χ3n) is 4.02. The van der Waals surface area contributed by atoms with Crippen LogP contribution in [0.4, 0.5) is 0 Å². The van der Waals surface area contributed by atoms with Crippen molar-refractivity contribution in [3.8, 4) is 0 Å². The number of methoxy groups -OCH3 is 1. The quantitative estimate of drug-likeness (QED) is 0.386. The summed E-state index contributed by atoms with van der Waals surface area (Å²) < 4.78 is 4.50. The van der Waals surface area contributed by atoms with Gasteiger partial charge in [0.1, 0.15) is 18.5 Å². The van der Waals surface area contributed by atoms with E-state index in [2.05, 4.69) is 15.4 Å². The number of amides is 2. The van der Waals surface area contributed by atoms with Crippen LogP contribution in [0.15, 0.2) is 72.3 Å². The van der Waals surface area contributed by atoms with Gasteiger partial charge in [0.15, 0.2) is 0 Å². The zero-order valence-corrected chi connectivity index (χ0v) is 17.7. The molecule has 3 rings (SSSR count). The maximum atomic E-state index is 12.3. The summed E-state index contributed by atoms with van der Waals surface area (Å²) in [6, 6.07) is 18.5. The summed E-state index contributed by atoms with van der Waals surface area (Å²) in [7, 11) is 1.24. The molecule has 0 unspecified atom stereocenters. The first-order valence-electron chi connectivity index (χ1n) is 9.18. The first-order valence-corrected chi connectivity index (χ1v) is 9.18. The predicted molar refractivity (Wildman–Crippen MR) is 110 cm³/mol. The van der Waals surface area contributed by atoms with E-state index in [4.69, 9.17) is 0 Å². The molecule has 2 radical (unpaired) electrons. The molecule has 0 saturated carbocycles. The Labute approximate surface area is 187 Å². The summed E-state index contributed by atoms with van der Waals surface area (Å²) in [5.74, 6) is -1.33. The fourth-order valence-corrected chi connectivity index (χ4v) is 2.50. The van der Waals surface area contributed by atoms with Gasteiger partial charge < -0.3 is 20.2 Å². The third kappa shape index (κ3) is 9.07. The fraction of sp³-hybridized carbons (Fsp3) is 0.174. The van der Waals surface area contributed by atoms with Crippen molar-refractivity contribution in [2.45, 2.75) is 12.5 Å². The molecule has 0 spiro atoms. The van der Waals surface area contributed by atoms with E-state index in [0.29, 0.717) is 12.0 Å². The molecule has 2 aromatic carbocycles. The molecule has 6 nitrogen and oxygen atoms in total. The summed E-state index contributed by atoms with van der Waals surface area (Å²) in [6.45, 7) is -0.243. The van der Waals surface area contributed by atoms with E-state index in [1.165, 1.54) is 7.11 Å². The van der Waals surface area contributed by atoms with Crippen LogP contribution >= 0.6 is 0 Å². The van der Waals surface area contributed by atoms with Crippen LogP contribution in [0, 0.1) is 19.3 Å². The first kappa shape index (κ1) is 25.1. The Morgan fingerprint density at radius 2 is 1.77 bits per heavy atom. The largest absolute Gasteiger partial charge is 2.00 e. The topological polar surface area (TPSA) is 84.5 Å². The summed E-state index contributed by atoms with van der Waals surface area (Å²) in [5.41, 5.74) is 1.38. The average Bonchev–Trinajstić information content (AvgIpc) is 3.48. The smallest absolute Gasteiger partial charge is 0.468 e. The minimum Gasteiger partial charge on any atom is -0.468 e. The second-order valence-corrected chi connectivity index (χ2v) is 6.15. The van der Waals surface area contributed by atoms with Gasteiger partial charge in [0.2, 0.25) is 5.91 Å². The number of hydrogen-bond donors (Lipinski definition) is 2. The van der Waals surface area contributed by atoms with E-state index in [1.54, 1.807) is 25.3 Å². The molecule has 7 heteroatoms. The normalized spacial score (nSPS) is 12.6. The van der Waals surface area contributed by atoms with Crippen molar-refractivity contribution in [1.82, 2.24) is 10.6 Å². The summed E-state index contributed by atoms with van der Waals surface area (Å²) in [4.78, 5) is 35.7. The van der Waals surface area contributed by atoms with Gasteiger partial charge in [-0.1, -0.05) is 43.2 Å². The Kier molecular flexibility index (Phi) is 11.9. The van der Waals surface area contributed by atoms with Gasteiger partial charge in [-0.05, 0) is 5.56 Å². The minimum atomic E-state index is -0.792. The van der Waals surface area contributed by atoms with Crippen LogP contribution in [0.3, 0.4) is 0 Å². The first-order chi connectivity index (χ1) is 14.1. The monoisotopic (exact) mass is 448 g/mol. The fourth-order valence-electron chi connectivity index (χ4n) is 2.50. The summed E-state index contributed by atoms with van der Waals surface area (Å²) in [6.07, 6.45) is 7.15. The Hall–Kier alpha value is -2.89. The van der Waals surface area contributed by atoms with Gasteiger partial charge >= 0.3 is 23.0 Å². The number of carbonyl (C=O) groups excluding carboxylic acids is 3. The van der Waals surface area contributed by atoms with E-state index >= 15 is 0 Å². The summed E-state index contributed by atoms with van der Waals surface area (Å²) >= 11 is 0. The van der Waals surface area contributed by atoms with Crippen molar-refractivity contribution in [2.24, 2.45) is 0 Å². The van der Waals surface area contributed by atoms with E-state index < -0.39 is 17.9 Å². The third-order valence-corrected chi connectivity index (χ3v) is 4.02. The van der Waals surface area contributed by atoms with Crippen molar-refractivity contribution in [3.05, 3.63) is 97.1 Å². The van der Waals surface area contributed by atoms with E-state index in [1.807, 2.05) is 60.7 Å². The molecular formula is C23H24FeN2O4. The molecule has 0 aliphatic heterocycles. The Bertz CT molecular complexity index is 787. The van der Waals surface area contributed by atoms with Crippen LogP contribution in [0.1, 0.15) is 5.56 Å². The molecule has 30 heavy (non-hydrogen) atoms. The van der Waals surface area contributed by atoms with Gasteiger partial charge in [0, 0.05) is 6.42 Å². The maximum Gasteiger partial charge on any atom is 2.00 e. The Morgan fingerprint density at radius 3 is 2.30 bits per heavy atom. The number of benzene rings is 1. The van der Waals surface area contributed by atoms with Crippen LogP contribution in [0.2, 0.25) is 0 Å². The number of nitrogens with one attached hydrogen (secondary N) is 2. The molecule has 1 aliphatic rings. The van der Waals surface area contributed by atoms with E-state index in [0.717, 1.165) is 5.56 Å². The zero-order valence-electron chi connectivity index (χ0n) is 16.6. The molecule has 0 aromatic heterocycles. The Balaban J connectivity index is 0.000000655. The van der Waals surface area contributed by atoms with Gasteiger partial charge in [-0.25, -0.2) is 12.1 Å². The van der Waals surface area contributed by atoms with Crippen LogP contribution in [-0.2, 0) is 42.6 Å². The number of ether oxygens (including phenoxy) is 1. The second kappa shape index (κ2) is 14.1. The molecule has 1 aliphatic carbocycles. The van der Waals surface area contributed by atoms with Gasteiger partial charge in [-0.3, -0.25) is 9.59 Å². The summed E-state index contributed by atoms with van der Waals surface area (Å²) in [5, 5.41) is 5.18. The van der Waals surface area contributed by atoms with Gasteiger partial charge in [0.25, 0.3) is 0 Å². The molecule has 2 amide bonds. The van der Waals surface area contributed by atoms with Gasteiger partial charge in [0.05, 0.1) is 7.11 Å². The van der Waals surface area contributed by atoms with Gasteiger partial charge in [-0.15, -0.1) is 5.57 Å². The molecule has 1 atom stereocenters. The number of hydrogen-bond acceptors (Lipinski definition) is 4. The molecule has 0 bridgehead atoms. The molecular weight excluding hydrogens is 424 g/mol. The van der Waals surface area contributed by atoms with Crippen molar-refractivity contribution in [2.75, 3.05) is 13.7 Å². The van der Waals surface area contributed by atoms with Crippen molar-refractivity contribution < 1.29 is 36.2 Å². The van der Waals surface area contributed by atoms with Crippen molar-refractivity contribution in [3.63, 3.8) is 0 Å². The molecule has 0 saturated heterocycles. The number of carbonyl (C=O) groups is 3. The molecule has 2 aromatic rings. The molecule has 158 valence electrons. The minimum absolute atomic E-state index is 0. The predicted octanol–water partition coefficient (Wildman–Crippen LogP) is 1.96. The number of esters is 1. The zero-order chi connectivity index (χ0) is 20.9. The Morgan fingerprint density at radius 1 is 1.07 bits per heavy atom. The van der Waals surface area contributed by atoms with Crippen LogP contribution in [-0.4, -0.2) is 37.5 Å². The SMILES string of the molecule is COC(=O)CNC(=O)[C@H](Cc1ccccc1)NC(=O)C1=C[CH][CH][CH-]1.[Fe+2].c1cc[cH-]c1. The van der Waals surface area contributed by atoms with E-state index in [-0.39, 0.29) is 29.5 Å². The second-order valence-electron chi connectivity index (χ2n) is 6.15. The standard InChI is InChI=1S/C18H19N2O4.C5H5.Fe/c1-24-16(21)12-19-18(23)15(11-13-7-3-2-4-8-13)20-17(22)14-9-5-6-10-14;1-2-4-5-3-1;/h2-10,15H,11-12H2,1H3,(H,19,23)(H,20,22);1-5H;/q2*-1;+2/t15-;;/m0../s1. The van der Waals surface area contributed by atoms with Crippen molar-refractivity contribution in [1.29, 1.82) is 0 Å². The molecule has 2 N–H and O–H groups in total. The van der Waals surface area contributed by atoms with Gasteiger partial charge in [-0.2, -0.15) is 30.7 Å². The van der Waals surface area contributed by atoms with Crippen LogP contribution in [0.5, 0.6) is 0 Å². The average molecular weight is 448 g/mol. The number of rotatable bonds is 7. The number of allylic oxidation sites excluding steroid dienone is 1. The van der Waals surface area contributed by atoms with Crippen molar-refractivity contribution >= 4 is 17.8 Å². The maximum absolute atomic E-state index is 12.3.